The van der Waals surface area contributed by atoms with Crippen LogP contribution >= 0.6 is 0 Å². The van der Waals surface area contributed by atoms with E-state index in [9.17, 15) is 4.21 Å². The fraction of sp³-hybridized carbons (Fsp3) is 0.0667. The molecule has 1 atom stereocenters. The molecule has 0 saturated heterocycles. The van der Waals surface area contributed by atoms with E-state index in [2.05, 4.69) is 6.58 Å². The van der Waals surface area contributed by atoms with Gasteiger partial charge >= 0.3 is 0 Å². The number of benzene rings is 2. The molecule has 0 radical (unpaired) electrons. The Morgan fingerprint density at radius 2 is 1.59 bits per heavy atom. The Hall–Kier alpha value is -1.67. The number of aryl methyl sites for hydroxylation is 1. The first-order valence-electron chi connectivity index (χ1n) is 5.41. The van der Waals surface area contributed by atoms with Gasteiger partial charge in [-0.3, -0.25) is 0 Å². The summed E-state index contributed by atoms with van der Waals surface area (Å²) < 4.78 is 12.3. The minimum absolute atomic E-state index is 0.648. The van der Waals surface area contributed by atoms with Crippen LogP contribution in [0, 0.1) is 6.92 Å². The van der Waals surface area contributed by atoms with Gasteiger partial charge in [-0.15, -0.1) is 0 Å². The molecule has 86 valence electrons. The Labute approximate surface area is 104 Å². The van der Waals surface area contributed by atoms with Crippen molar-refractivity contribution >= 4 is 15.7 Å². The zero-order valence-corrected chi connectivity index (χ0v) is 10.5. The second-order valence-corrected chi connectivity index (χ2v) is 5.37. The number of hydrogen-bond acceptors (Lipinski definition) is 1. The predicted octanol–water partition coefficient (Wildman–Crippen LogP) is 3.77. The lowest BCUT2D eigenvalue weighted by atomic mass is 10.2. The second-order valence-electron chi connectivity index (χ2n) is 3.87. The summed E-state index contributed by atoms with van der Waals surface area (Å²) in [4.78, 5) is 1.44. The van der Waals surface area contributed by atoms with E-state index in [0.717, 1.165) is 16.0 Å². The van der Waals surface area contributed by atoms with Crippen LogP contribution in [0.15, 0.2) is 66.1 Å². The molecule has 2 aromatic rings. The fourth-order valence-corrected chi connectivity index (χ4v) is 2.55. The van der Waals surface area contributed by atoms with Crippen molar-refractivity contribution in [3.63, 3.8) is 0 Å². The van der Waals surface area contributed by atoms with Crippen LogP contribution in [0.1, 0.15) is 11.1 Å². The van der Waals surface area contributed by atoms with Gasteiger partial charge in [0.1, 0.15) is 0 Å². The Balaban J connectivity index is 2.27. The highest BCUT2D eigenvalue weighted by atomic mass is 32.2. The van der Waals surface area contributed by atoms with Crippen LogP contribution in [0.3, 0.4) is 0 Å². The van der Waals surface area contributed by atoms with Gasteiger partial charge in [-0.25, -0.2) is 4.21 Å². The minimum Gasteiger partial charge on any atom is -0.249 e. The first-order chi connectivity index (χ1) is 8.18. The summed E-state index contributed by atoms with van der Waals surface area (Å²) in [7, 11) is -1.18. The van der Waals surface area contributed by atoms with Crippen LogP contribution < -0.4 is 0 Å². The molecule has 0 fully saturated rings. The lowest BCUT2D eigenvalue weighted by Crippen LogP contribution is -1.94. The van der Waals surface area contributed by atoms with Crippen LogP contribution in [0.5, 0.6) is 0 Å². The highest BCUT2D eigenvalue weighted by molar-refractivity contribution is 7.94. The molecule has 0 N–H and O–H groups in total. The van der Waals surface area contributed by atoms with E-state index < -0.39 is 10.8 Å². The Morgan fingerprint density at radius 1 is 1.00 bits per heavy atom. The van der Waals surface area contributed by atoms with Crippen LogP contribution in [-0.2, 0) is 10.8 Å². The van der Waals surface area contributed by atoms with E-state index in [-0.39, 0.29) is 0 Å². The van der Waals surface area contributed by atoms with Crippen LogP contribution in [0.2, 0.25) is 0 Å². The van der Waals surface area contributed by atoms with Crippen molar-refractivity contribution in [2.24, 2.45) is 0 Å². The lowest BCUT2D eigenvalue weighted by Gasteiger charge is -2.06. The molecule has 0 aromatic heterocycles. The standard InChI is InChI=1S/C15H14OS/c1-12-8-10-15(11-9-12)17(16)13(2)14-6-4-3-5-7-14/h3-11H,2H2,1H3. The maximum atomic E-state index is 12.3. The van der Waals surface area contributed by atoms with Gasteiger partial charge in [0.2, 0.25) is 0 Å². The van der Waals surface area contributed by atoms with Gasteiger partial charge in [-0.05, 0) is 24.6 Å². The van der Waals surface area contributed by atoms with Crippen LogP contribution in [0.4, 0.5) is 0 Å². The van der Waals surface area contributed by atoms with E-state index in [1.807, 2.05) is 61.5 Å². The molecule has 0 heterocycles. The van der Waals surface area contributed by atoms with Gasteiger partial charge in [0.05, 0.1) is 10.8 Å². The van der Waals surface area contributed by atoms with Crippen molar-refractivity contribution in [2.45, 2.75) is 11.8 Å². The molecule has 0 spiro atoms. The molecule has 2 rings (SSSR count). The van der Waals surface area contributed by atoms with Crippen molar-refractivity contribution in [3.8, 4) is 0 Å². The molecule has 0 aliphatic heterocycles. The number of rotatable bonds is 3. The van der Waals surface area contributed by atoms with Crippen LogP contribution in [0.25, 0.3) is 4.91 Å². The van der Waals surface area contributed by atoms with Gasteiger partial charge in [0.15, 0.2) is 0 Å². The third kappa shape index (κ3) is 2.71. The maximum absolute atomic E-state index is 12.3. The van der Waals surface area contributed by atoms with Crippen molar-refractivity contribution in [3.05, 3.63) is 72.3 Å². The third-order valence-electron chi connectivity index (χ3n) is 2.55. The lowest BCUT2D eigenvalue weighted by molar-refractivity contribution is 0.689. The SMILES string of the molecule is C=C(c1ccccc1)S(=O)c1ccc(C)cc1. The van der Waals surface area contributed by atoms with Gasteiger partial charge in [-0.1, -0.05) is 54.6 Å². The zero-order chi connectivity index (χ0) is 12.3. The molecule has 0 aliphatic rings. The summed E-state index contributed by atoms with van der Waals surface area (Å²) in [6.07, 6.45) is 0. The van der Waals surface area contributed by atoms with E-state index in [0.29, 0.717) is 4.91 Å². The first-order valence-corrected chi connectivity index (χ1v) is 6.56. The summed E-state index contributed by atoms with van der Waals surface area (Å²) in [5.74, 6) is 0. The summed E-state index contributed by atoms with van der Waals surface area (Å²) in [6.45, 7) is 5.94. The number of hydrogen-bond donors (Lipinski definition) is 0. The smallest absolute Gasteiger partial charge is 0.0849 e. The monoisotopic (exact) mass is 242 g/mol. The zero-order valence-electron chi connectivity index (χ0n) is 9.72. The minimum atomic E-state index is -1.18. The van der Waals surface area contributed by atoms with Crippen molar-refractivity contribution < 1.29 is 4.21 Å². The molecule has 0 aliphatic carbocycles. The maximum Gasteiger partial charge on any atom is 0.0849 e. The van der Waals surface area contributed by atoms with Gasteiger partial charge < -0.3 is 0 Å². The highest BCUT2D eigenvalue weighted by Crippen LogP contribution is 2.22. The average molecular weight is 242 g/mol. The van der Waals surface area contributed by atoms with Crippen molar-refractivity contribution in [2.75, 3.05) is 0 Å². The average Bonchev–Trinajstić information content (AvgIpc) is 2.39. The predicted molar refractivity (Wildman–Crippen MR) is 73.1 cm³/mol. The second kappa shape index (κ2) is 5.11. The van der Waals surface area contributed by atoms with E-state index in [4.69, 9.17) is 0 Å². The topological polar surface area (TPSA) is 17.1 Å². The summed E-state index contributed by atoms with van der Waals surface area (Å²) in [6, 6.07) is 17.3. The van der Waals surface area contributed by atoms with Crippen molar-refractivity contribution in [1.82, 2.24) is 0 Å². The van der Waals surface area contributed by atoms with Gasteiger partial charge in [0, 0.05) is 9.80 Å². The summed E-state index contributed by atoms with van der Waals surface area (Å²) in [5, 5.41) is 0. The van der Waals surface area contributed by atoms with Gasteiger partial charge in [0.25, 0.3) is 0 Å². The molecule has 2 aromatic carbocycles. The Bertz CT molecular complexity index is 541. The van der Waals surface area contributed by atoms with Gasteiger partial charge in [-0.2, -0.15) is 0 Å². The van der Waals surface area contributed by atoms with Crippen molar-refractivity contribution in [1.29, 1.82) is 0 Å². The summed E-state index contributed by atoms with van der Waals surface area (Å²) in [5.41, 5.74) is 2.09. The molecule has 0 amide bonds. The quantitative estimate of drug-likeness (QED) is 0.800. The van der Waals surface area contributed by atoms with Crippen LogP contribution in [-0.4, -0.2) is 4.21 Å². The van der Waals surface area contributed by atoms with E-state index >= 15 is 0 Å². The Kier molecular flexibility index (Phi) is 3.55. The summed E-state index contributed by atoms with van der Waals surface area (Å²) >= 11 is 0. The first kappa shape index (κ1) is 11.8. The molecule has 2 heteroatoms. The largest absolute Gasteiger partial charge is 0.249 e. The van der Waals surface area contributed by atoms with E-state index in [1.165, 1.54) is 0 Å². The molecular weight excluding hydrogens is 228 g/mol. The molecular formula is C15H14OS. The molecule has 1 nitrogen and oxygen atoms in total. The Morgan fingerprint density at radius 3 is 2.18 bits per heavy atom. The van der Waals surface area contributed by atoms with E-state index in [1.54, 1.807) is 0 Å². The molecule has 0 saturated carbocycles. The highest BCUT2D eigenvalue weighted by Gasteiger charge is 2.09. The normalized spacial score (nSPS) is 12.1. The molecule has 0 bridgehead atoms. The molecule has 1 unspecified atom stereocenters. The molecule has 17 heavy (non-hydrogen) atoms. The third-order valence-corrected chi connectivity index (χ3v) is 3.94. The fourth-order valence-electron chi connectivity index (χ4n) is 1.54.